The highest BCUT2D eigenvalue weighted by Gasteiger charge is 2.30. The Kier molecular flexibility index (Phi) is 10.7. The Balaban J connectivity index is 0.993. The van der Waals surface area contributed by atoms with Gasteiger partial charge >= 0.3 is 0 Å². The van der Waals surface area contributed by atoms with Crippen molar-refractivity contribution in [2.24, 2.45) is 0 Å². The van der Waals surface area contributed by atoms with Crippen LogP contribution in [0.1, 0.15) is 36.7 Å². The molecule has 7 heterocycles. The molecular formula is C75H49N11. The van der Waals surface area contributed by atoms with Gasteiger partial charge in [-0.2, -0.15) is 9.97 Å². The molecule has 0 saturated carbocycles. The third-order valence-corrected chi connectivity index (χ3v) is 17.4. The standard InChI is InChI=1S/C75H49N11/c1-7-23-46(24-8-1)63-64-60(45-76-71(78-64)47-25-9-2-10-26-47)77-74(79-63)85-61-37-21-19-35-52(61)54-39-41-58-56-43-44-57-59-42-40-55-53-36-20-22-38-62(53)86(75-81-72(48-27-11-3-12-28-48)80-73(82-75)49-29-13-4-14-30-49)70(55)68(59)84(51-33-17-6-18-34-51)66(57)65(56)83(67(58)69(54)85)50-31-15-5-16-32-50/h1-9,11-23,25,27-46H,10,24,26H2. The fourth-order valence-electron chi connectivity index (χ4n) is 13.7. The normalized spacial score (nSPS) is 14.4. The maximum atomic E-state index is 5.69. The van der Waals surface area contributed by atoms with Crippen molar-refractivity contribution in [3.63, 3.8) is 0 Å². The van der Waals surface area contributed by atoms with E-state index in [0.29, 0.717) is 29.1 Å². The van der Waals surface area contributed by atoms with Gasteiger partial charge in [-0.1, -0.05) is 212 Å². The first-order valence-electron chi connectivity index (χ1n) is 29.3. The summed E-state index contributed by atoms with van der Waals surface area (Å²) in [5.74, 6) is 2.99. The van der Waals surface area contributed by atoms with Crippen molar-refractivity contribution in [1.82, 2.24) is 53.2 Å². The summed E-state index contributed by atoms with van der Waals surface area (Å²) in [6, 6.07) is 73.2. The minimum absolute atomic E-state index is 0.0172. The zero-order valence-corrected chi connectivity index (χ0v) is 46.4. The summed E-state index contributed by atoms with van der Waals surface area (Å²) in [6.45, 7) is 0. The van der Waals surface area contributed by atoms with Crippen molar-refractivity contribution in [1.29, 1.82) is 0 Å². The molecule has 0 fully saturated rings. The first-order chi connectivity index (χ1) is 42.7. The second-order valence-electron chi connectivity index (χ2n) is 22.3. The Morgan fingerprint density at radius 1 is 0.360 bits per heavy atom. The number of aromatic nitrogens is 11. The molecule has 0 saturated heterocycles. The largest absolute Gasteiger partial charge is 0.305 e. The first kappa shape index (κ1) is 48.1. The number of hydrogen-bond acceptors (Lipinski definition) is 7. The minimum Gasteiger partial charge on any atom is -0.305 e. The third kappa shape index (κ3) is 7.24. The van der Waals surface area contributed by atoms with Gasteiger partial charge in [0.15, 0.2) is 17.5 Å². The van der Waals surface area contributed by atoms with Crippen LogP contribution in [0.2, 0.25) is 0 Å². The highest BCUT2D eigenvalue weighted by Crippen LogP contribution is 2.48. The van der Waals surface area contributed by atoms with Crippen LogP contribution < -0.4 is 0 Å². The average molecular weight is 1100 g/mol. The molecule has 11 heteroatoms. The zero-order valence-electron chi connectivity index (χ0n) is 46.4. The predicted octanol–water partition coefficient (Wildman–Crippen LogP) is 17.7. The number of rotatable bonds is 8. The van der Waals surface area contributed by atoms with Gasteiger partial charge in [-0.15, -0.1) is 0 Å². The summed E-state index contributed by atoms with van der Waals surface area (Å²) in [4.78, 5) is 37.5. The van der Waals surface area contributed by atoms with Crippen LogP contribution in [0.15, 0.2) is 255 Å². The monoisotopic (exact) mass is 1100 g/mol. The van der Waals surface area contributed by atoms with Gasteiger partial charge < -0.3 is 9.13 Å². The topological polar surface area (TPSA) is 110 Å². The molecule has 0 spiro atoms. The smallest absolute Gasteiger partial charge is 0.238 e. The molecular weight excluding hydrogens is 1050 g/mol. The molecule has 16 aromatic rings. The van der Waals surface area contributed by atoms with Gasteiger partial charge in [0.05, 0.1) is 56.0 Å². The van der Waals surface area contributed by atoms with Crippen molar-refractivity contribution in [3.8, 4) is 46.0 Å². The third-order valence-electron chi connectivity index (χ3n) is 17.4. The van der Waals surface area contributed by atoms with Crippen LogP contribution in [-0.4, -0.2) is 53.2 Å². The van der Waals surface area contributed by atoms with Gasteiger partial charge in [0, 0.05) is 71.5 Å². The highest BCUT2D eigenvalue weighted by molar-refractivity contribution is 6.31. The SMILES string of the molecule is C1=CCCC(c2ncc3nc(-n4c5ccccc5c5ccc6c7ccc8c9ccc%10c%11ccccc%11n(-c%11nc(-c%12ccccc%12)nc(-c%12ccccc%12)n%11)c%10c9n(-c9ccccc9)c8c7n(-c7ccccc7)c6c54)nc(C4C=CC=CC4)c3n2)=C1. The van der Waals surface area contributed by atoms with Crippen molar-refractivity contribution in [2.75, 3.05) is 0 Å². The second kappa shape index (κ2) is 19.1. The van der Waals surface area contributed by atoms with Crippen LogP contribution in [0.4, 0.5) is 0 Å². The molecule has 11 nitrogen and oxygen atoms in total. The predicted molar refractivity (Wildman–Crippen MR) is 349 cm³/mol. The van der Waals surface area contributed by atoms with Crippen LogP contribution >= 0.6 is 0 Å². The van der Waals surface area contributed by atoms with E-state index in [1.165, 1.54) is 0 Å². The minimum atomic E-state index is -0.0172. The van der Waals surface area contributed by atoms with Crippen molar-refractivity contribution < 1.29 is 0 Å². The molecule has 2 aliphatic rings. The number of nitrogens with zero attached hydrogens (tertiary/aromatic N) is 11. The highest BCUT2D eigenvalue weighted by atomic mass is 15.2. The molecule has 0 radical (unpaired) electrons. The summed E-state index contributed by atoms with van der Waals surface area (Å²) >= 11 is 0. The van der Waals surface area contributed by atoms with Crippen LogP contribution in [0.5, 0.6) is 0 Å². The van der Waals surface area contributed by atoms with Gasteiger partial charge in [0.25, 0.3) is 0 Å². The Labute approximate surface area is 492 Å². The van der Waals surface area contributed by atoms with Crippen LogP contribution in [0.3, 0.4) is 0 Å². The van der Waals surface area contributed by atoms with Gasteiger partial charge in [-0.25, -0.2) is 24.9 Å². The van der Waals surface area contributed by atoms with E-state index >= 15 is 0 Å². The summed E-state index contributed by atoms with van der Waals surface area (Å²) in [6.07, 6.45) is 19.7. The van der Waals surface area contributed by atoms with E-state index in [1.54, 1.807) is 0 Å². The number of fused-ring (bicyclic) bond motifs is 16. The lowest BCUT2D eigenvalue weighted by Crippen LogP contribution is -2.11. The van der Waals surface area contributed by atoms with E-state index in [1.807, 2.05) is 42.6 Å². The van der Waals surface area contributed by atoms with Crippen molar-refractivity contribution >= 4 is 104 Å². The van der Waals surface area contributed by atoms with E-state index in [0.717, 1.165) is 152 Å². The molecule has 0 aliphatic heterocycles. The molecule has 0 amide bonds. The Morgan fingerprint density at radius 2 is 0.826 bits per heavy atom. The van der Waals surface area contributed by atoms with Crippen molar-refractivity contribution in [2.45, 2.75) is 25.2 Å². The summed E-state index contributed by atoms with van der Waals surface area (Å²) < 4.78 is 9.56. The van der Waals surface area contributed by atoms with Gasteiger partial charge in [0.1, 0.15) is 11.0 Å². The lowest BCUT2D eigenvalue weighted by Gasteiger charge is -2.18. The molecule has 86 heavy (non-hydrogen) atoms. The molecule has 2 aliphatic carbocycles. The van der Waals surface area contributed by atoms with Gasteiger partial charge in [0.2, 0.25) is 11.9 Å². The quantitative estimate of drug-likeness (QED) is 0.149. The number of allylic oxidation sites excluding steroid dienone is 8. The molecule has 0 N–H and O–H groups in total. The Hall–Kier alpha value is -11.4. The Bertz CT molecular complexity index is 5550. The molecule has 9 aromatic carbocycles. The summed E-state index contributed by atoms with van der Waals surface area (Å²) in [7, 11) is 0. The van der Waals surface area contributed by atoms with Crippen LogP contribution in [0.25, 0.3) is 150 Å². The Morgan fingerprint density at radius 3 is 1.31 bits per heavy atom. The van der Waals surface area contributed by atoms with E-state index in [9.17, 15) is 0 Å². The van der Waals surface area contributed by atoms with Crippen molar-refractivity contribution in [3.05, 3.63) is 267 Å². The van der Waals surface area contributed by atoms with Gasteiger partial charge in [-0.05, 0) is 61.2 Å². The summed E-state index contributed by atoms with van der Waals surface area (Å²) in [5.41, 5.74) is 15.5. The van der Waals surface area contributed by atoms with E-state index in [4.69, 9.17) is 34.9 Å². The van der Waals surface area contributed by atoms with Gasteiger partial charge in [-0.3, -0.25) is 9.13 Å². The molecule has 404 valence electrons. The molecule has 1 atom stereocenters. The number of hydrogen-bond donors (Lipinski definition) is 0. The summed E-state index contributed by atoms with van der Waals surface area (Å²) in [5, 5.41) is 8.78. The second-order valence-corrected chi connectivity index (χ2v) is 22.3. The molecule has 1 unspecified atom stereocenters. The maximum Gasteiger partial charge on any atom is 0.238 e. The van der Waals surface area contributed by atoms with Crippen LogP contribution in [-0.2, 0) is 0 Å². The van der Waals surface area contributed by atoms with E-state index < -0.39 is 0 Å². The molecule has 7 aromatic heterocycles. The molecule has 0 bridgehead atoms. The van der Waals surface area contributed by atoms with E-state index in [-0.39, 0.29) is 5.92 Å². The number of para-hydroxylation sites is 4. The average Bonchev–Trinajstić information content (AvgIpc) is 1.62. The van der Waals surface area contributed by atoms with Crippen LogP contribution in [0, 0.1) is 0 Å². The van der Waals surface area contributed by atoms with E-state index in [2.05, 4.69) is 231 Å². The fourth-order valence-corrected chi connectivity index (χ4v) is 13.7. The number of benzene rings is 9. The first-order valence-corrected chi connectivity index (χ1v) is 29.3. The maximum absolute atomic E-state index is 5.69. The lowest BCUT2D eigenvalue weighted by atomic mass is 9.96. The fraction of sp³-hybridized carbons (Fsp3) is 0.0533. The molecule has 18 rings (SSSR count). The lowest BCUT2D eigenvalue weighted by molar-refractivity contribution is 0.804. The zero-order chi connectivity index (χ0) is 56.4.